The van der Waals surface area contributed by atoms with Crippen LogP contribution in [0.25, 0.3) is 5.76 Å². The van der Waals surface area contributed by atoms with Crippen LogP contribution in [0.4, 0.5) is 8.78 Å². The number of halogens is 3. The summed E-state index contributed by atoms with van der Waals surface area (Å²) in [4.78, 5) is 22.9. The van der Waals surface area contributed by atoms with Crippen molar-refractivity contribution in [3.8, 4) is 5.75 Å². The van der Waals surface area contributed by atoms with E-state index in [-0.39, 0.29) is 28.7 Å². The predicted octanol–water partition coefficient (Wildman–Crippen LogP) is 3.06. The molecule has 1 rings (SSSR count). The molecule has 0 aromatic heterocycles. The van der Waals surface area contributed by atoms with E-state index in [4.69, 9.17) is 16.3 Å². The van der Waals surface area contributed by atoms with E-state index in [2.05, 4.69) is 9.47 Å². The topological polar surface area (TPSA) is 61.8 Å². The molecule has 1 aromatic carbocycles. The first-order valence-corrected chi connectivity index (χ1v) is 6.47. The molecule has 0 unspecified atom stereocenters. The zero-order valence-electron chi connectivity index (χ0n) is 11.8. The lowest BCUT2D eigenvalue weighted by atomic mass is 10.1. The number of methoxy groups -OCH3 is 1. The number of hydrogen-bond acceptors (Lipinski definition) is 5. The van der Waals surface area contributed by atoms with E-state index in [1.807, 2.05) is 0 Å². The summed E-state index contributed by atoms with van der Waals surface area (Å²) in [5.74, 6) is -2.25. The first kappa shape index (κ1) is 17.9. The van der Waals surface area contributed by atoms with Gasteiger partial charge in [0.25, 0.3) is 5.78 Å². The van der Waals surface area contributed by atoms with Crippen LogP contribution in [0.5, 0.6) is 5.75 Å². The molecule has 0 radical (unpaired) electrons. The second-order valence-electron chi connectivity index (χ2n) is 3.85. The number of alkyl halides is 2. The summed E-state index contributed by atoms with van der Waals surface area (Å²) < 4.78 is 38.3. The molecule has 0 aliphatic carbocycles. The van der Waals surface area contributed by atoms with Crippen LogP contribution in [0.3, 0.4) is 0 Å². The van der Waals surface area contributed by atoms with Crippen molar-refractivity contribution in [2.45, 2.75) is 13.5 Å². The molecule has 1 aromatic rings. The number of benzene rings is 1. The van der Waals surface area contributed by atoms with E-state index in [1.165, 1.54) is 25.3 Å². The maximum absolute atomic E-state index is 12.2. The second-order valence-corrected chi connectivity index (χ2v) is 4.29. The Bertz CT molecular complexity index is 587. The largest absolute Gasteiger partial charge is 0.496 e. The Labute approximate surface area is 130 Å². The minimum atomic E-state index is -3.03. The van der Waals surface area contributed by atoms with Crippen LogP contribution in [-0.2, 0) is 19.1 Å². The van der Waals surface area contributed by atoms with Gasteiger partial charge in [-0.1, -0.05) is 11.6 Å². The zero-order chi connectivity index (χ0) is 16.7. The average Bonchev–Trinajstić information content (AvgIpc) is 2.43. The Morgan fingerprint density at radius 2 is 2.00 bits per heavy atom. The Hall–Kier alpha value is -2.15. The van der Waals surface area contributed by atoms with Gasteiger partial charge in [0, 0.05) is 16.7 Å². The molecule has 0 amide bonds. The average molecular weight is 335 g/mol. The predicted molar refractivity (Wildman–Crippen MR) is 74.7 cm³/mol. The van der Waals surface area contributed by atoms with Gasteiger partial charge in [-0.15, -0.1) is 0 Å². The number of carbonyl (C=O) groups is 2. The molecule has 0 aliphatic heterocycles. The van der Waals surface area contributed by atoms with Gasteiger partial charge < -0.3 is 14.2 Å². The van der Waals surface area contributed by atoms with Crippen molar-refractivity contribution in [3.63, 3.8) is 0 Å². The standard InChI is InChI=1S/C14H13ClF2O5/c1-3-21-13(19)11(18)7-12(20-2)8-4-9(15)6-10(5-8)22-14(16)17/h4-7,14H,3H2,1-2H3. The van der Waals surface area contributed by atoms with Gasteiger partial charge in [-0.3, -0.25) is 4.79 Å². The van der Waals surface area contributed by atoms with Gasteiger partial charge in [-0.2, -0.15) is 8.78 Å². The van der Waals surface area contributed by atoms with Crippen molar-refractivity contribution >= 4 is 29.1 Å². The molecule has 22 heavy (non-hydrogen) atoms. The lowest BCUT2D eigenvalue weighted by molar-refractivity contribution is -0.151. The number of carbonyl (C=O) groups excluding carboxylic acids is 2. The molecule has 0 saturated carbocycles. The summed E-state index contributed by atoms with van der Waals surface area (Å²) in [5.41, 5.74) is 0.197. The number of esters is 1. The summed E-state index contributed by atoms with van der Waals surface area (Å²) in [5, 5.41) is 0.0969. The van der Waals surface area contributed by atoms with Gasteiger partial charge in [-0.25, -0.2) is 4.79 Å². The number of rotatable bonds is 7. The molecule has 0 heterocycles. The summed E-state index contributed by atoms with van der Waals surface area (Å²) in [6.45, 7) is -1.43. The molecule has 5 nitrogen and oxygen atoms in total. The highest BCUT2D eigenvalue weighted by Crippen LogP contribution is 2.27. The first-order valence-electron chi connectivity index (χ1n) is 6.10. The Balaban J connectivity index is 3.11. The molecule has 0 aliphatic rings. The quantitative estimate of drug-likeness (QED) is 0.332. The normalized spacial score (nSPS) is 11.3. The Morgan fingerprint density at radius 3 is 2.55 bits per heavy atom. The Morgan fingerprint density at radius 1 is 1.32 bits per heavy atom. The smallest absolute Gasteiger partial charge is 0.387 e. The van der Waals surface area contributed by atoms with Crippen LogP contribution < -0.4 is 4.74 Å². The van der Waals surface area contributed by atoms with E-state index < -0.39 is 18.4 Å². The lowest BCUT2D eigenvalue weighted by Crippen LogP contribution is -2.15. The van der Waals surface area contributed by atoms with E-state index in [1.54, 1.807) is 6.92 Å². The summed E-state index contributed by atoms with van der Waals surface area (Å²) in [6.07, 6.45) is 0.885. The van der Waals surface area contributed by atoms with E-state index in [9.17, 15) is 18.4 Å². The highest BCUT2D eigenvalue weighted by Gasteiger charge is 2.16. The van der Waals surface area contributed by atoms with Gasteiger partial charge in [-0.05, 0) is 25.1 Å². The molecular formula is C14H13ClF2O5. The molecule has 0 spiro atoms. The van der Waals surface area contributed by atoms with Gasteiger partial charge in [0.2, 0.25) is 0 Å². The SMILES string of the molecule is CCOC(=O)C(=O)C=C(OC)c1cc(Cl)cc(OC(F)F)c1. The van der Waals surface area contributed by atoms with Crippen molar-refractivity contribution < 1.29 is 32.6 Å². The van der Waals surface area contributed by atoms with Crippen molar-refractivity contribution in [2.24, 2.45) is 0 Å². The molecular weight excluding hydrogens is 322 g/mol. The van der Waals surface area contributed by atoms with Crippen molar-refractivity contribution in [1.29, 1.82) is 0 Å². The fourth-order valence-corrected chi connectivity index (χ4v) is 1.74. The zero-order valence-corrected chi connectivity index (χ0v) is 12.5. The van der Waals surface area contributed by atoms with Crippen molar-refractivity contribution in [2.75, 3.05) is 13.7 Å². The van der Waals surface area contributed by atoms with Crippen molar-refractivity contribution in [3.05, 3.63) is 34.9 Å². The fraction of sp³-hybridized carbons (Fsp3) is 0.286. The highest BCUT2D eigenvalue weighted by molar-refractivity contribution is 6.39. The monoisotopic (exact) mass is 334 g/mol. The fourth-order valence-electron chi connectivity index (χ4n) is 1.52. The molecule has 120 valence electrons. The minimum Gasteiger partial charge on any atom is -0.496 e. The van der Waals surface area contributed by atoms with E-state index in [0.29, 0.717) is 0 Å². The second kappa shape index (κ2) is 8.33. The van der Waals surface area contributed by atoms with Gasteiger partial charge in [0.1, 0.15) is 11.5 Å². The summed E-state index contributed by atoms with van der Waals surface area (Å²) in [6, 6.07) is 3.75. The lowest BCUT2D eigenvalue weighted by Gasteiger charge is -2.10. The summed E-state index contributed by atoms with van der Waals surface area (Å²) in [7, 11) is 1.25. The molecule has 0 atom stereocenters. The number of hydrogen-bond donors (Lipinski definition) is 0. The maximum atomic E-state index is 12.2. The molecule has 0 fully saturated rings. The van der Waals surface area contributed by atoms with Crippen LogP contribution in [0.1, 0.15) is 12.5 Å². The Kier molecular flexibility index (Phi) is 6.78. The molecule has 0 saturated heterocycles. The number of ketones is 1. The number of ether oxygens (including phenoxy) is 3. The van der Waals surface area contributed by atoms with Crippen LogP contribution in [0, 0.1) is 0 Å². The van der Waals surface area contributed by atoms with Gasteiger partial charge in [0.15, 0.2) is 0 Å². The molecule has 0 N–H and O–H groups in total. The highest BCUT2D eigenvalue weighted by atomic mass is 35.5. The third-order valence-corrected chi connectivity index (χ3v) is 2.56. The minimum absolute atomic E-state index is 0.0420. The van der Waals surface area contributed by atoms with E-state index >= 15 is 0 Å². The van der Waals surface area contributed by atoms with Crippen LogP contribution >= 0.6 is 11.6 Å². The summed E-state index contributed by atoms with van der Waals surface area (Å²) >= 11 is 5.80. The van der Waals surface area contributed by atoms with Crippen LogP contribution in [0.2, 0.25) is 5.02 Å². The maximum Gasteiger partial charge on any atom is 0.387 e. The van der Waals surface area contributed by atoms with E-state index in [0.717, 1.165) is 6.08 Å². The van der Waals surface area contributed by atoms with Gasteiger partial charge in [0.05, 0.1) is 13.7 Å². The van der Waals surface area contributed by atoms with Gasteiger partial charge >= 0.3 is 12.6 Å². The molecule has 8 heteroatoms. The van der Waals surface area contributed by atoms with Crippen molar-refractivity contribution in [1.82, 2.24) is 0 Å². The molecule has 0 bridgehead atoms. The van der Waals surface area contributed by atoms with Crippen LogP contribution in [0.15, 0.2) is 24.3 Å². The first-order chi connectivity index (χ1) is 10.4. The third kappa shape index (κ3) is 5.33. The third-order valence-electron chi connectivity index (χ3n) is 2.34. The van der Waals surface area contributed by atoms with Crippen LogP contribution in [-0.4, -0.2) is 32.1 Å².